The van der Waals surface area contributed by atoms with Crippen LogP contribution in [0.25, 0.3) is 0 Å². The second-order valence-corrected chi connectivity index (χ2v) is 12.2. The average Bonchev–Trinajstić information content (AvgIpc) is 2.97. The first-order chi connectivity index (χ1) is 23.4. The Morgan fingerprint density at radius 3 is 1.42 bits per heavy atom. The zero-order chi connectivity index (χ0) is 37.7. The first-order valence-electron chi connectivity index (χ1n) is 16.3. The highest BCUT2D eigenvalue weighted by Crippen LogP contribution is 2.33. The van der Waals surface area contributed by atoms with Gasteiger partial charge in [-0.2, -0.15) is 0 Å². The molecule has 0 radical (unpaired) electrons. The number of carbonyl (C=O) groups excluding carboxylic acids is 6. The summed E-state index contributed by atoms with van der Waals surface area (Å²) >= 11 is 0. The summed E-state index contributed by atoms with van der Waals surface area (Å²) in [4.78, 5) is 72.8. The maximum atomic E-state index is 12.3. The van der Waals surface area contributed by atoms with Gasteiger partial charge >= 0.3 is 35.8 Å². The van der Waals surface area contributed by atoms with Crippen LogP contribution in [0, 0.1) is 0 Å². The van der Waals surface area contributed by atoms with Gasteiger partial charge in [0.15, 0.2) is 49.2 Å². The average molecular weight is 715 g/mol. The first-order valence-corrected chi connectivity index (χ1v) is 16.3. The maximum Gasteiger partial charge on any atom is 0.303 e. The molecule has 2 heterocycles. The molecule has 0 saturated carbocycles. The number of esters is 6. The van der Waals surface area contributed by atoms with E-state index in [0.29, 0.717) is 0 Å². The van der Waals surface area contributed by atoms with Crippen LogP contribution in [0.1, 0.15) is 82.1 Å². The van der Waals surface area contributed by atoms with E-state index in [2.05, 4.69) is 6.08 Å². The monoisotopic (exact) mass is 714 g/mol. The van der Waals surface area contributed by atoms with E-state index in [0.717, 1.165) is 60.0 Å². The van der Waals surface area contributed by atoms with Gasteiger partial charge in [0.2, 0.25) is 0 Å². The van der Waals surface area contributed by atoms with Gasteiger partial charge in [-0.3, -0.25) is 28.8 Å². The molecule has 0 aromatic carbocycles. The molecular formula is C34H50O16. The second kappa shape index (κ2) is 20.1. The molecular weight excluding hydrogens is 664 g/mol. The smallest absolute Gasteiger partial charge is 0.303 e. The van der Waals surface area contributed by atoms with Crippen molar-refractivity contribution in [2.75, 3.05) is 13.2 Å². The number of rotatable bonds is 15. The summed E-state index contributed by atoms with van der Waals surface area (Å²) in [5, 5.41) is 0. The van der Waals surface area contributed by atoms with E-state index >= 15 is 0 Å². The van der Waals surface area contributed by atoms with Crippen LogP contribution in [0.15, 0.2) is 23.3 Å². The lowest BCUT2D eigenvalue weighted by molar-refractivity contribution is -0.330. The van der Waals surface area contributed by atoms with Crippen LogP contribution in [0.4, 0.5) is 0 Å². The third-order valence-corrected chi connectivity index (χ3v) is 7.34. The molecule has 2 saturated heterocycles. The van der Waals surface area contributed by atoms with Gasteiger partial charge in [-0.25, -0.2) is 0 Å². The minimum atomic E-state index is -1.43. The topological polar surface area (TPSA) is 195 Å². The molecule has 2 aliphatic rings. The summed E-state index contributed by atoms with van der Waals surface area (Å²) in [6.45, 7) is 13.8. The molecule has 16 heteroatoms. The van der Waals surface area contributed by atoms with Crippen LogP contribution in [-0.2, 0) is 76.1 Å². The molecule has 2 rings (SSSR count). The summed E-state index contributed by atoms with van der Waals surface area (Å²) in [6.07, 6.45) is -7.54. The zero-order valence-corrected chi connectivity index (χ0v) is 30.3. The fourth-order valence-electron chi connectivity index (χ4n) is 5.39. The Bertz CT molecular complexity index is 1270. The van der Waals surface area contributed by atoms with Gasteiger partial charge in [0.05, 0.1) is 19.3 Å². The highest BCUT2D eigenvalue weighted by molar-refractivity contribution is 5.69. The molecule has 0 aromatic heterocycles. The molecule has 0 N–H and O–H groups in total. The molecule has 0 amide bonds. The Labute approximate surface area is 291 Å². The van der Waals surface area contributed by atoms with E-state index in [9.17, 15) is 28.8 Å². The van der Waals surface area contributed by atoms with Crippen molar-refractivity contribution in [2.24, 2.45) is 0 Å². The molecule has 10 atom stereocenters. The van der Waals surface area contributed by atoms with Crippen molar-refractivity contribution >= 4 is 35.8 Å². The standard InChI is InChI=1S/C34H50O16/c1-17(2)12-11-13-18(3)14-15-41-33-32(49-25(10)40)30(47-23(8)38)28(45-21(6)36)26(50-33)16-42-34-31(48-24(9)39)29(46-22(7)37)27(19(4)43-34)44-20(5)35/h12,14,19,26-34H,11,13,15-16H2,1-10H3/b18-14+/t19-,26+,27-,28+,29+,30-,31+,32+,33+,34+/m0/s1. The Balaban J connectivity index is 2.47. The van der Waals surface area contributed by atoms with Crippen molar-refractivity contribution in [3.8, 4) is 0 Å². The van der Waals surface area contributed by atoms with Crippen molar-refractivity contribution in [3.63, 3.8) is 0 Å². The lowest BCUT2D eigenvalue weighted by Crippen LogP contribution is -2.64. The molecule has 0 aliphatic carbocycles. The fourth-order valence-corrected chi connectivity index (χ4v) is 5.39. The van der Waals surface area contributed by atoms with Gasteiger partial charge in [-0.1, -0.05) is 23.3 Å². The van der Waals surface area contributed by atoms with Crippen molar-refractivity contribution in [1.82, 2.24) is 0 Å². The number of carbonyl (C=O) groups is 6. The number of allylic oxidation sites excluding steroid dienone is 3. The molecule has 2 aliphatic heterocycles. The molecule has 2 fully saturated rings. The Morgan fingerprint density at radius 2 is 0.940 bits per heavy atom. The van der Waals surface area contributed by atoms with Crippen LogP contribution in [0.3, 0.4) is 0 Å². The van der Waals surface area contributed by atoms with Crippen molar-refractivity contribution in [1.29, 1.82) is 0 Å². The van der Waals surface area contributed by atoms with Gasteiger partial charge in [0.25, 0.3) is 0 Å². The molecule has 0 aromatic rings. The summed E-state index contributed by atoms with van der Waals surface area (Å²) in [5.74, 6) is -4.56. The first kappa shape index (κ1) is 42.3. The molecule has 0 spiro atoms. The van der Waals surface area contributed by atoms with Crippen molar-refractivity contribution < 1.29 is 76.1 Å². The van der Waals surface area contributed by atoms with Gasteiger partial charge in [0, 0.05) is 41.5 Å². The summed E-state index contributed by atoms with van der Waals surface area (Å²) in [7, 11) is 0. The number of hydrogen-bond donors (Lipinski definition) is 0. The predicted molar refractivity (Wildman–Crippen MR) is 171 cm³/mol. The van der Waals surface area contributed by atoms with E-state index in [1.807, 2.05) is 26.8 Å². The molecule has 0 unspecified atom stereocenters. The van der Waals surface area contributed by atoms with Gasteiger partial charge < -0.3 is 47.4 Å². The molecule has 16 nitrogen and oxygen atoms in total. The lowest BCUT2D eigenvalue weighted by atomic mass is 9.97. The van der Waals surface area contributed by atoms with Crippen molar-refractivity contribution in [2.45, 2.75) is 143 Å². The number of ether oxygens (including phenoxy) is 10. The number of hydrogen-bond acceptors (Lipinski definition) is 16. The third kappa shape index (κ3) is 13.8. The zero-order valence-electron chi connectivity index (χ0n) is 30.3. The quantitative estimate of drug-likeness (QED) is 0.136. The normalized spacial score (nSPS) is 29.5. The molecule has 282 valence electrons. The predicted octanol–water partition coefficient (Wildman–Crippen LogP) is 2.77. The minimum Gasteiger partial charge on any atom is -0.456 e. The SMILES string of the molecule is CC(=O)O[C@@H]1[C@@H](OC(C)=O)[C@H](C)O[C@@H](OC[C@H]2O[C@@H](OC/C=C(\C)CCC=C(C)C)[C@H](OC(C)=O)[C@@H](OC(C)=O)[C@@H]2OC(C)=O)[C@@H]1OC(C)=O. The Kier molecular flexibility index (Phi) is 17.0. The van der Waals surface area contributed by atoms with Crippen LogP contribution < -0.4 is 0 Å². The van der Waals surface area contributed by atoms with Gasteiger partial charge in [0.1, 0.15) is 6.10 Å². The third-order valence-electron chi connectivity index (χ3n) is 7.34. The van der Waals surface area contributed by atoms with Crippen LogP contribution in [0.2, 0.25) is 0 Å². The van der Waals surface area contributed by atoms with Crippen LogP contribution in [0.5, 0.6) is 0 Å². The van der Waals surface area contributed by atoms with E-state index in [1.54, 1.807) is 0 Å². The van der Waals surface area contributed by atoms with Gasteiger partial charge in [-0.05, 0) is 40.5 Å². The molecule has 0 bridgehead atoms. The highest BCUT2D eigenvalue weighted by atomic mass is 16.8. The fraction of sp³-hybridized carbons (Fsp3) is 0.706. The van der Waals surface area contributed by atoms with E-state index in [4.69, 9.17) is 47.4 Å². The maximum absolute atomic E-state index is 12.3. The highest BCUT2D eigenvalue weighted by Gasteiger charge is 2.54. The van der Waals surface area contributed by atoms with Crippen LogP contribution >= 0.6 is 0 Å². The van der Waals surface area contributed by atoms with E-state index in [1.165, 1.54) is 12.5 Å². The lowest BCUT2D eigenvalue weighted by Gasteiger charge is -2.46. The minimum absolute atomic E-state index is 0.0149. The van der Waals surface area contributed by atoms with E-state index < -0.39 is 104 Å². The molecule has 50 heavy (non-hydrogen) atoms. The largest absolute Gasteiger partial charge is 0.456 e. The second-order valence-electron chi connectivity index (χ2n) is 12.2. The summed E-state index contributed by atoms with van der Waals surface area (Å²) in [5.41, 5.74) is 2.21. The Morgan fingerprint density at radius 1 is 0.520 bits per heavy atom. The van der Waals surface area contributed by atoms with Crippen molar-refractivity contribution in [3.05, 3.63) is 23.3 Å². The summed E-state index contributed by atoms with van der Waals surface area (Å²) in [6, 6.07) is 0. The van der Waals surface area contributed by atoms with E-state index in [-0.39, 0.29) is 6.61 Å². The summed E-state index contributed by atoms with van der Waals surface area (Å²) < 4.78 is 56.9. The Hall–Kier alpha value is -3.86. The van der Waals surface area contributed by atoms with Crippen LogP contribution in [-0.4, -0.2) is 110 Å². The van der Waals surface area contributed by atoms with Gasteiger partial charge in [-0.15, -0.1) is 0 Å².